The van der Waals surface area contributed by atoms with Crippen LogP contribution in [0.3, 0.4) is 0 Å². The first-order chi connectivity index (χ1) is 15.3. The van der Waals surface area contributed by atoms with E-state index in [0.717, 1.165) is 38.5 Å². The Bertz CT molecular complexity index is 859. The van der Waals surface area contributed by atoms with Crippen molar-refractivity contribution in [1.82, 2.24) is 0 Å². The molecule has 5 rings (SSSR count). The molecule has 0 bridgehead atoms. The van der Waals surface area contributed by atoms with Crippen LogP contribution >= 0.6 is 0 Å². The lowest BCUT2D eigenvalue weighted by Crippen LogP contribution is -2.64. The molecule has 4 fully saturated rings. The van der Waals surface area contributed by atoms with Gasteiger partial charge in [0.15, 0.2) is 0 Å². The predicted octanol–water partition coefficient (Wildman–Crippen LogP) is 6.95. The number of aliphatic hydroxyl groups is 1. The van der Waals surface area contributed by atoms with E-state index in [9.17, 15) is 15.0 Å². The van der Waals surface area contributed by atoms with Crippen LogP contribution in [0.15, 0.2) is 11.6 Å². The summed E-state index contributed by atoms with van der Waals surface area (Å²) in [5.41, 5.74) is 2.32. The molecule has 0 aromatic heterocycles. The van der Waals surface area contributed by atoms with Crippen molar-refractivity contribution in [3.8, 4) is 0 Å². The lowest BCUT2D eigenvalue weighted by Gasteiger charge is -2.70. The fourth-order valence-corrected chi connectivity index (χ4v) is 10.9. The molecule has 186 valence electrons. The average Bonchev–Trinajstić information content (AvgIpc) is 2.73. The van der Waals surface area contributed by atoms with Crippen molar-refractivity contribution in [3.05, 3.63) is 11.6 Å². The van der Waals surface area contributed by atoms with E-state index >= 15 is 0 Å². The molecule has 0 heterocycles. The number of rotatable bonds is 1. The predicted molar refractivity (Wildman–Crippen MR) is 133 cm³/mol. The van der Waals surface area contributed by atoms with Crippen LogP contribution in [-0.4, -0.2) is 22.3 Å². The summed E-state index contributed by atoms with van der Waals surface area (Å²) in [7, 11) is 0. The van der Waals surface area contributed by atoms with E-state index in [1.54, 1.807) is 5.57 Å². The second-order valence-electron chi connectivity index (χ2n) is 14.4. The van der Waals surface area contributed by atoms with Crippen LogP contribution in [0, 0.1) is 63.1 Å². The zero-order chi connectivity index (χ0) is 24.1. The highest BCUT2D eigenvalue weighted by Gasteiger charge is 2.67. The molecule has 0 saturated heterocycles. The second kappa shape index (κ2) is 7.34. The van der Waals surface area contributed by atoms with Gasteiger partial charge < -0.3 is 10.2 Å². The summed E-state index contributed by atoms with van der Waals surface area (Å²) in [5, 5.41) is 21.0. The molecule has 11 atom stereocenters. The van der Waals surface area contributed by atoms with Gasteiger partial charge in [0.1, 0.15) is 0 Å². The maximum Gasteiger partial charge on any atom is 0.306 e. The lowest BCUT2D eigenvalue weighted by atomic mass is 9.34. The van der Waals surface area contributed by atoms with Gasteiger partial charge in [0.25, 0.3) is 0 Å². The molecule has 2 N–H and O–H groups in total. The number of hydrogen-bond acceptors (Lipinski definition) is 2. The SMILES string of the molecule is C[C@@H]1[C@H]2C3=CC[C@@H]4[C@@]5(C)CC[C@H](O)C(C)(C)[C@@H]5CC[C@@]4(C)[C@]3(C)CC[C@H]2[C@H](C(=O)O)C[C@H]1C. The van der Waals surface area contributed by atoms with Gasteiger partial charge in [-0.2, -0.15) is 0 Å². The Morgan fingerprint density at radius 2 is 1.67 bits per heavy atom. The van der Waals surface area contributed by atoms with Crippen molar-refractivity contribution in [2.75, 3.05) is 0 Å². The normalized spacial score (nSPS) is 55.3. The molecular formula is C30H48O3. The molecule has 3 heteroatoms. The summed E-state index contributed by atoms with van der Waals surface area (Å²) in [5.74, 6) is 2.25. The van der Waals surface area contributed by atoms with Gasteiger partial charge in [-0.3, -0.25) is 4.79 Å². The Hall–Kier alpha value is -0.830. The number of aliphatic hydroxyl groups excluding tert-OH is 1. The summed E-state index contributed by atoms with van der Waals surface area (Å²) in [6.07, 6.45) is 11.2. The molecule has 5 aliphatic carbocycles. The number of carboxylic acids is 1. The standard InChI is InChI=1S/C30H48O3/c1-17-16-20(26(32)33)19-10-14-29(6)21(25(19)18(17)2)8-9-23-28(5)13-12-24(31)27(3,4)22(28)11-15-30(23,29)7/h8,17-20,22-25,31H,9-16H2,1-7H3,(H,32,33)/t17-,18+,19+,20-,22+,23-,24+,25-,28+,29-,30-/m1/s1. The van der Waals surface area contributed by atoms with E-state index in [4.69, 9.17) is 0 Å². The number of hydrogen-bond donors (Lipinski definition) is 2. The van der Waals surface area contributed by atoms with Crippen molar-refractivity contribution >= 4 is 5.97 Å². The van der Waals surface area contributed by atoms with Crippen LogP contribution in [0.4, 0.5) is 0 Å². The molecule has 0 aromatic rings. The Labute approximate surface area is 201 Å². The summed E-state index contributed by atoms with van der Waals surface area (Å²) >= 11 is 0. The molecule has 0 aliphatic heterocycles. The first-order valence-electron chi connectivity index (χ1n) is 13.9. The minimum atomic E-state index is -0.566. The maximum absolute atomic E-state index is 12.2. The largest absolute Gasteiger partial charge is 0.481 e. The highest BCUT2D eigenvalue weighted by atomic mass is 16.4. The molecular weight excluding hydrogens is 408 g/mol. The molecule has 4 saturated carbocycles. The Kier molecular flexibility index (Phi) is 5.31. The maximum atomic E-state index is 12.2. The summed E-state index contributed by atoms with van der Waals surface area (Å²) in [4.78, 5) is 12.2. The Morgan fingerprint density at radius 1 is 0.970 bits per heavy atom. The van der Waals surface area contributed by atoms with Crippen molar-refractivity contribution in [3.63, 3.8) is 0 Å². The van der Waals surface area contributed by atoms with Gasteiger partial charge in [0.05, 0.1) is 12.0 Å². The van der Waals surface area contributed by atoms with E-state index in [1.165, 1.54) is 12.8 Å². The second-order valence-corrected chi connectivity index (χ2v) is 14.4. The van der Waals surface area contributed by atoms with Crippen LogP contribution < -0.4 is 0 Å². The average molecular weight is 457 g/mol. The lowest BCUT2D eigenvalue weighted by molar-refractivity contribution is -0.202. The molecule has 5 aliphatic rings. The summed E-state index contributed by atoms with van der Waals surface area (Å²) in [6, 6.07) is 0. The smallest absolute Gasteiger partial charge is 0.306 e. The third kappa shape index (κ3) is 2.93. The van der Waals surface area contributed by atoms with Crippen LogP contribution in [0.1, 0.15) is 99.8 Å². The van der Waals surface area contributed by atoms with Crippen molar-refractivity contribution < 1.29 is 15.0 Å². The molecule has 33 heavy (non-hydrogen) atoms. The highest BCUT2D eigenvalue weighted by Crippen LogP contribution is 2.74. The minimum absolute atomic E-state index is 0.0150. The van der Waals surface area contributed by atoms with Gasteiger partial charge in [0, 0.05) is 0 Å². The highest BCUT2D eigenvalue weighted by molar-refractivity contribution is 5.71. The van der Waals surface area contributed by atoms with Gasteiger partial charge in [-0.15, -0.1) is 0 Å². The minimum Gasteiger partial charge on any atom is -0.481 e. The number of carboxylic acid groups (broad SMARTS) is 1. The van der Waals surface area contributed by atoms with Crippen LogP contribution in [0.2, 0.25) is 0 Å². The van der Waals surface area contributed by atoms with Gasteiger partial charge in [-0.25, -0.2) is 0 Å². The van der Waals surface area contributed by atoms with E-state index in [-0.39, 0.29) is 33.7 Å². The number of allylic oxidation sites excluding steroid dienone is 2. The van der Waals surface area contributed by atoms with E-state index in [0.29, 0.717) is 35.5 Å². The van der Waals surface area contributed by atoms with E-state index < -0.39 is 5.97 Å². The topological polar surface area (TPSA) is 57.5 Å². The zero-order valence-electron chi connectivity index (χ0n) is 22.2. The number of aliphatic carboxylic acids is 1. The van der Waals surface area contributed by atoms with Crippen molar-refractivity contribution in [2.45, 2.75) is 106 Å². The summed E-state index contributed by atoms with van der Waals surface area (Å²) in [6.45, 7) is 17.1. The number of carbonyl (C=O) groups is 1. The monoisotopic (exact) mass is 456 g/mol. The third-order valence-corrected chi connectivity index (χ3v) is 13.2. The molecule has 0 radical (unpaired) electrons. The molecule has 0 unspecified atom stereocenters. The van der Waals surface area contributed by atoms with Crippen LogP contribution in [-0.2, 0) is 4.79 Å². The summed E-state index contributed by atoms with van der Waals surface area (Å²) < 4.78 is 0. The zero-order valence-corrected chi connectivity index (χ0v) is 22.2. The quantitative estimate of drug-likeness (QED) is 0.420. The molecule has 3 nitrogen and oxygen atoms in total. The van der Waals surface area contributed by atoms with Crippen molar-refractivity contribution in [2.24, 2.45) is 63.1 Å². The van der Waals surface area contributed by atoms with Crippen molar-refractivity contribution in [1.29, 1.82) is 0 Å². The van der Waals surface area contributed by atoms with Gasteiger partial charge in [-0.1, -0.05) is 60.1 Å². The van der Waals surface area contributed by atoms with Gasteiger partial charge in [0.2, 0.25) is 0 Å². The fraction of sp³-hybridized carbons (Fsp3) is 0.900. The molecule has 0 amide bonds. The third-order valence-electron chi connectivity index (χ3n) is 13.2. The van der Waals surface area contributed by atoms with Gasteiger partial charge >= 0.3 is 5.97 Å². The first kappa shape index (κ1) is 23.9. The Morgan fingerprint density at radius 3 is 2.33 bits per heavy atom. The van der Waals surface area contributed by atoms with Crippen LogP contribution in [0.25, 0.3) is 0 Å². The number of fused-ring (bicyclic) bond motifs is 7. The molecule has 0 spiro atoms. The van der Waals surface area contributed by atoms with Gasteiger partial charge in [-0.05, 0) is 109 Å². The van der Waals surface area contributed by atoms with E-state index in [2.05, 4.69) is 54.5 Å². The van der Waals surface area contributed by atoms with Crippen LogP contribution in [0.5, 0.6) is 0 Å². The fourth-order valence-electron chi connectivity index (χ4n) is 10.9. The first-order valence-corrected chi connectivity index (χ1v) is 13.9. The molecule has 0 aromatic carbocycles. The Balaban J connectivity index is 1.57. The van der Waals surface area contributed by atoms with E-state index in [1.807, 2.05) is 0 Å².